The molecule has 0 aromatic heterocycles. The highest BCUT2D eigenvalue weighted by Crippen LogP contribution is 2.70. The molecule has 10 unspecified atom stereocenters. The van der Waals surface area contributed by atoms with Crippen LogP contribution in [0.25, 0.3) is 0 Å². The molecule has 0 heterocycles. The molecule has 0 bridgehead atoms. The minimum absolute atomic E-state index is 0.0519. The molecule has 0 radical (unpaired) electrons. The number of carbonyl (C=O) groups is 1. The van der Waals surface area contributed by atoms with Crippen LogP contribution in [0.1, 0.15) is 120 Å². The van der Waals surface area contributed by atoms with E-state index in [4.69, 9.17) is 14.5 Å². The van der Waals surface area contributed by atoms with Crippen LogP contribution in [0.5, 0.6) is 0 Å². The fourth-order valence-electron chi connectivity index (χ4n) is 10.7. The zero-order valence-corrected chi connectivity index (χ0v) is 25.4. The first kappa shape index (κ1) is 29.1. The van der Waals surface area contributed by atoms with Gasteiger partial charge < -0.3 is 4.74 Å². The minimum atomic E-state index is -0.165. The van der Waals surface area contributed by atoms with Crippen LogP contribution in [0.15, 0.2) is 11.6 Å². The van der Waals surface area contributed by atoms with Crippen LogP contribution in [0.4, 0.5) is 0 Å². The SMILES string of the molecule is CCOOC1CC2C3CCC(C(C)CCC=C(C)C)C3(C)CCC2C2(C)CCC(OC(C)=O)C(C)(C)C12. The van der Waals surface area contributed by atoms with Crippen LogP contribution in [0.3, 0.4) is 0 Å². The largest absolute Gasteiger partial charge is 0.462 e. The topological polar surface area (TPSA) is 44.8 Å². The number of allylic oxidation sites excluding steroid dienone is 2. The summed E-state index contributed by atoms with van der Waals surface area (Å²) in [6, 6.07) is 0. The fourth-order valence-corrected chi connectivity index (χ4v) is 10.7. The van der Waals surface area contributed by atoms with E-state index in [2.05, 4.69) is 54.5 Å². The Hall–Kier alpha value is -0.870. The van der Waals surface area contributed by atoms with E-state index in [0.29, 0.717) is 29.8 Å². The number of carbonyl (C=O) groups excluding carboxylic acids is 1. The van der Waals surface area contributed by atoms with Gasteiger partial charge in [0.2, 0.25) is 0 Å². The second kappa shape index (κ2) is 11.0. The molecule has 37 heavy (non-hydrogen) atoms. The van der Waals surface area contributed by atoms with E-state index in [1.165, 1.54) is 44.1 Å². The lowest BCUT2D eigenvalue weighted by atomic mass is 9.40. The lowest BCUT2D eigenvalue weighted by Crippen LogP contribution is -2.64. The number of esters is 1. The normalized spacial score (nSPS) is 43.2. The molecule has 4 nitrogen and oxygen atoms in total. The van der Waals surface area contributed by atoms with Gasteiger partial charge in [-0.15, -0.1) is 0 Å². The maximum atomic E-state index is 12.0. The zero-order chi connectivity index (χ0) is 27.2. The Morgan fingerprint density at radius 1 is 0.973 bits per heavy atom. The highest BCUT2D eigenvalue weighted by molar-refractivity contribution is 5.66. The number of fused-ring (bicyclic) bond motifs is 5. The van der Waals surface area contributed by atoms with Crippen molar-refractivity contribution in [3.63, 3.8) is 0 Å². The molecule has 0 N–H and O–H groups in total. The third-order valence-electron chi connectivity index (χ3n) is 12.0. The van der Waals surface area contributed by atoms with Gasteiger partial charge in [0, 0.05) is 18.3 Å². The quantitative estimate of drug-likeness (QED) is 0.140. The van der Waals surface area contributed by atoms with E-state index in [1.807, 2.05) is 6.92 Å². The van der Waals surface area contributed by atoms with E-state index in [0.717, 1.165) is 37.0 Å². The maximum Gasteiger partial charge on any atom is 0.302 e. The standard InChI is InChI=1S/C33H56O4/c1-10-35-37-28-20-24-26-15-14-25(22(4)13-11-12-21(2)3)32(26,8)18-16-27(24)33(9)19-17-29(36-23(5)34)31(6,7)30(28)33/h12,22,24-30H,10-11,13-20H2,1-9H3. The molecule has 4 fully saturated rings. The number of hydrogen-bond acceptors (Lipinski definition) is 4. The van der Waals surface area contributed by atoms with Crippen molar-refractivity contribution in [2.24, 2.45) is 51.8 Å². The van der Waals surface area contributed by atoms with Gasteiger partial charge >= 0.3 is 5.97 Å². The fraction of sp³-hybridized carbons (Fsp3) is 0.909. The van der Waals surface area contributed by atoms with Crippen LogP contribution in [-0.4, -0.2) is 24.8 Å². The lowest BCUT2D eigenvalue weighted by Gasteiger charge is -2.66. The van der Waals surface area contributed by atoms with E-state index in [9.17, 15) is 4.79 Å². The summed E-state index contributed by atoms with van der Waals surface area (Å²) in [5.41, 5.74) is 1.92. The summed E-state index contributed by atoms with van der Waals surface area (Å²) in [5, 5.41) is 0. The van der Waals surface area contributed by atoms with Gasteiger partial charge in [0.1, 0.15) is 6.10 Å². The molecule has 10 atom stereocenters. The Labute approximate surface area is 227 Å². The van der Waals surface area contributed by atoms with Crippen molar-refractivity contribution < 1.29 is 19.3 Å². The summed E-state index contributed by atoms with van der Waals surface area (Å²) < 4.78 is 5.92. The molecule has 4 saturated carbocycles. The first-order valence-corrected chi connectivity index (χ1v) is 15.4. The first-order valence-electron chi connectivity index (χ1n) is 15.4. The van der Waals surface area contributed by atoms with E-state index >= 15 is 0 Å². The Morgan fingerprint density at radius 3 is 2.30 bits per heavy atom. The average molecular weight is 517 g/mol. The summed E-state index contributed by atoms with van der Waals surface area (Å²) in [6.45, 7) is 20.9. The predicted molar refractivity (Wildman–Crippen MR) is 150 cm³/mol. The predicted octanol–water partition coefficient (Wildman–Crippen LogP) is 8.54. The Balaban J connectivity index is 1.61. The summed E-state index contributed by atoms with van der Waals surface area (Å²) in [4.78, 5) is 24.0. The van der Waals surface area contributed by atoms with Gasteiger partial charge in [-0.1, -0.05) is 46.3 Å². The average Bonchev–Trinajstić information content (AvgIpc) is 3.16. The van der Waals surface area contributed by atoms with Crippen LogP contribution in [0, 0.1) is 51.8 Å². The third-order valence-corrected chi connectivity index (χ3v) is 12.0. The molecule has 4 aliphatic carbocycles. The molecule has 4 rings (SSSR count). The van der Waals surface area contributed by atoms with Crippen LogP contribution < -0.4 is 0 Å². The zero-order valence-electron chi connectivity index (χ0n) is 25.4. The molecule has 0 aromatic rings. The van der Waals surface area contributed by atoms with E-state index in [1.54, 1.807) is 6.92 Å². The monoisotopic (exact) mass is 516 g/mol. The van der Waals surface area contributed by atoms with Crippen LogP contribution >= 0.6 is 0 Å². The van der Waals surface area contributed by atoms with Gasteiger partial charge in [0.15, 0.2) is 0 Å². The second-order valence-corrected chi connectivity index (χ2v) is 14.7. The highest BCUT2D eigenvalue weighted by atomic mass is 17.2. The molecule has 0 amide bonds. The van der Waals surface area contributed by atoms with Gasteiger partial charge in [-0.2, -0.15) is 0 Å². The highest BCUT2D eigenvalue weighted by Gasteiger charge is 2.66. The summed E-state index contributed by atoms with van der Waals surface area (Å²) in [5.74, 6) is 3.95. The van der Waals surface area contributed by atoms with Crippen molar-refractivity contribution in [3.05, 3.63) is 11.6 Å². The van der Waals surface area contributed by atoms with Gasteiger partial charge in [-0.3, -0.25) is 4.79 Å². The van der Waals surface area contributed by atoms with Crippen molar-refractivity contribution in [2.45, 2.75) is 132 Å². The van der Waals surface area contributed by atoms with Gasteiger partial charge in [0.25, 0.3) is 0 Å². The lowest BCUT2D eigenvalue weighted by molar-refractivity contribution is -0.368. The third kappa shape index (κ3) is 5.20. The molecule has 0 spiro atoms. The van der Waals surface area contributed by atoms with Gasteiger partial charge in [0.05, 0.1) is 12.7 Å². The summed E-state index contributed by atoms with van der Waals surface area (Å²) in [6.07, 6.45) is 13.6. The van der Waals surface area contributed by atoms with Crippen molar-refractivity contribution in [1.29, 1.82) is 0 Å². The van der Waals surface area contributed by atoms with E-state index in [-0.39, 0.29) is 29.0 Å². The van der Waals surface area contributed by atoms with Crippen molar-refractivity contribution in [1.82, 2.24) is 0 Å². The summed E-state index contributed by atoms with van der Waals surface area (Å²) >= 11 is 0. The van der Waals surface area contributed by atoms with E-state index < -0.39 is 0 Å². The molecule has 212 valence electrons. The van der Waals surface area contributed by atoms with Gasteiger partial charge in [-0.05, 0) is 119 Å². The summed E-state index contributed by atoms with van der Waals surface area (Å²) in [7, 11) is 0. The van der Waals surface area contributed by atoms with Crippen molar-refractivity contribution >= 4 is 5.97 Å². The Morgan fingerprint density at radius 2 is 1.65 bits per heavy atom. The smallest absolute Gasteiger partial charge is 0.302 e. The molecular weight excluding hydrogens is 460 g/mol. The van der Waals surface area contributed by atoms with Crippen LogP contribution in [-0.2, 0) is 19.3 Å². The molecule has 4 heteroatoms. The Bertz CT molecular complexity index is 843. The van der Waals surface area contributed by atoms with Gasteiger partial charge in [-0.25, -0.2) is 9.78 Å². The molecule has 0 aromatic carbocycles. The van der Waals surface area contributed by atoms with Crippen molar-refractivity contribution in [3.8, 4) is 0 Å². The van der Waals surface area contributed by atoms with Crippen molar-refractivity contribution in [2.75, 3.05) is 6.61 Å². The second-order valence-electron chi connectivity index (χ2n) is 14.7. The number of ether oxygens (including phenoxy) is 1. The molecular formula is C33H56O4. The van der Waals surface area contributed by atoms with Crippen LogP contribution in [0.2, 0.25) is 0 Å². The molecule has 4 aliphatic rings. The minimum Gasteiger partial charge on any atom is -0.462 e. The number of hydrogen-bond donors (Lipinski definition) is 0. The first-order chi connectivity index (χ1) is 17.4. The maximum absolute atomic E-state index is 12.0. The molecule has 0 saturated heterocycles. The number of rotatable bonds is 8. The Kier molecular flexibility index (Phi) is 8.62. The molecule has 0 aliphatic heterocycles.